The smallest absolute Gasteiger partial charge is 0.321 e. The number of carbonyl (C=O) groups excluding carboxylic acids is 1. The highest BCUT2D eigenvalue weighted by Gasteiger charge is 2.21. The SMILES string of the molecule is C=CCSc1ccccc1NC(=O)N1CCCC(C)C1. The monoisotopic (exact) mass is 290 g/mol. The Labute approximate surface area is 125 Å². The number of hydrogen-bond donors (Lipinski definition) is 1. The van der Waals surface area contributed by atoms with E-state index in [0.29, 0.717) is 5.92 Å². The van der Waals surface area contributed by atoms with Gasteiger partial charge in [0.05, 0.1) is 5.69 Å². The molecular weight excluding hydrogens is 268 g/mol. The van der Waals surface area contributed by atoms with Gasteiger partial charge in [0.1, 0.15) is 0 Å². The highest BCUT2D eigenvalue weighted by atomic mass is 32.2. The molecule has 1 aromatic rings. The second-order valence-electron chi connectivity index (χ2n) is 5.22. The number of para-hydroxylation sites is 1. The summed E-state index contributed by atoms with van der Waals surface area (Å²) in [5, 5.41) is 3.04. The highest BCUT2D eigenvalue weighted by Crippen LogP contribution is 2.27. The van der Waals surface area contributed by atoms with Gasteiger partial charge in [-0.1, -0.05) is 25.1 Å². The largest absolute Gasteiger partial charge is 0.324 e. The summed E-state index contributed by atoms with van der Waals surface area (Å²) in [7, 11) is 0. The van der Waals surface area contributed by atoms with Crippen LogP contribution in [0.2, 0.25) is 0 Å². The summed E-state index contributed by atoms with van der Waals surface area (Å²) in [5.74, 6) is 1.44. The van der Waals surface area contributed by atoms with Crippen molar-refractivity contribution in [1.82, 2.24) is 4.90 Å². The van der Waals surface area contributed by atoms with E-state index in [0.717, 1.165) is 35.8 Å². The number of hydrogen-bond acceptors (Lipinski definition) is 2. The van der Waals surface area contributed by atoms with Gasteiger partial charge in [0, 0.05) is 23.7 Å². The van der Waals surface area contributed by atoms with Crippen molar-refractivity contribution >= 4 is 23.5 Å². The summed E-state index contributed by atoms with van der Waals surface area (Å²) < 4.78 is 0. The van der Waals surface area contributed by atoms with Gasteiger partial charge in [0.25, 0.3) is 0 Å². The normalized spacial score (nSPS) is 18.6. The van der Waals surface area contributed by atoms with E-state index < -0.39 is 0 Å². The van der Waals surface area contributed by atoms with Crippen molar-refractivity contribution in [1.29, 1.82) is 0 Å². The number of carbonyl (C=O) groups is 1. The molecule has 1 fully saturated rings. The van der Waals surface area contributed by atoms with Gasteiger partial charge in [-0.15, -0.1) is 18.3 Å². The third-order valence-corrected chi connectivity index (χ3v) is 4.50. The first-order chi connectivity index (χ1) is 9.70. The molecular formula is C16H22N2OS. The zero-order chi connectivity index (χ0) is 14.4. The number of amides is 2. The van der Waals surface area contributed by atoms with E-state index in [1.165, 1.54) is 6.42 Å². The fraction of sp³-hybridized carbons (Fsp3) is 0.438. The molecule has 1 aromatic carbocycles. The molecule has 1 saturated heterocycles. The maximum absolute atomic E-state index is 12.3. The van der Waals surface area contributed by atoms with Gasteiger partial charge >= 0.3 is 6.03 Å². The molecule has 3 nitrogen and oxygen atoms in total. The van der Waals surface area contributed by atoms with Crippen molar-refractivity contribution in [2.75, 3.05) is 24.2 Å². The second-order valence-corrected chi connectivity index (χ2v) is 6.28. The lowest BCUT2D eigenvalue weighted by Crippen LogP contribution is -2.41. The molecule has 2 amide bonds. The van der Waals surface area contributed by atoms with Crippen LogP contribution in [0, 0.1) is 5.92 Å². The van der Waals surface area contributed by atoms with Gasteiger partial charge in [-0.25, -0.2) is 4.79 Å². The highest BCUT2D eigenvalue weighted by molar-refractivity contribution is 7.99. The van der Waals surface area contributed by atoms with Crippen LogP contribution in [0.25, 0.3) is 0 Å². The molecule has 4 heteroatoms. The van der Waals surface area contributed by atoms with E-state index in [2.05, 4.69) is 18.8 Å². The van der Waals surface area contributed by atoms with E-state index in [9.17, 15) is 4.79 Å². The summed E-state index contributed by atoms with van der Waals surface area (Å²) >= 11 is 1.68. The van der Waals surface area contributed by atoms with E-state index in [1.807, 2.05) is 35.2 Å². The Kier molecular flexibility index (Phi) is 5.53. The molecule has 0 spiro atoms. The van der Waals surface area contributed by atoms with Gasteiger partial charge in [0.15, 0.2) is 0 Å². The number of nitrogens with one attached hydrogen (secondary N) is 1. The molecule has 108 valence electrons. The molecule has 1 N–H and O–H groups in total. The number of urea groups is 1. The van der Waals surface area contributed by atoms with E-state index in [-0.39, 0.29) is 6.03 Å². The predicted octanol–water partition coefficient (Wildman–Crippen LogP) is 4.23. The number of anilines is 1. The van der Waals surface area contributed by atoms with Crippen LogP contribution >= 0.6 is 11.8 Å². The number of rotatable bonds is 4. The summed E-state index contributed by atoms with van der Waals surface area (Å²) in [6, 6.07) is 7.94. The molecule has 0 aliphatic carbocycles. The van der Waals surface area contributed by atoms with Crippen LogP contribution in [0.3, 0.4) is 0 Å². The fourth-order valence-electron chi connectivity index (χ4n) is 2.41. The van der Waals surface area contributed by atoms with Crippen molar-refractivity contribution in [3.63, 3.8) is 0 Å². The molecule has 1 aliphatic heterocycles. The molecule has 2 rings (SSSR count). The van der Waals surface area contributed by atoms with Gasteiger partial charge < -0.3 is 10.2 Å². The Morgan fingerprint density at radius 2 is 2.35 bits per heavy atom. The first-order valence-corrected chi connectivity index (χ1v) is 8.08. The summed E-state index contributed by atoms with van der Waals surface area (Å²) in [5.41, 5.74) is 0.891. The van der Waals surface area contributed by atoms with Crippen LogP contribution in [0.4, 0.5) is 10.5 Å². The molecule has 0 radical (unpaired) electrons. The van der Waals surface area contributed by atoms with Crippen molar-refractivity contribution in [3.05, 3.63) is 36.9 Å². The van der Waals surface area contributed by atoms with Gasteiger partial charge in [-0.3, -0.25) is 0 Å². The Bertz CT molecular complexity index is 475. The van der Waals surface area contributed by atoms with E-state index >= 15 is 0 Å². The Morgan fingerprint density at radius 3 is 3.10 bits per heavy atom. The number of benzene rings is 1. The average Bonchev–Trinajstić information content (AvgIpc) is 2.46. The zero-order valence-corrected chi connectivity index (χ0v) is 12.8. The van der Waals surface area contributed by atoms with Crippen LogP contribution < -0.4 is 5.32 Å². The Hall–Kier alpha value is -1.42. The van der Waals surface area contributed by atoms with Crippen LogP contribution in [-0.2, 0) is 0 Å². The third kappa shape index (κ3) is 4.04. The third-order valence-electron chi connectivity index (χ3n) is 3.43. The molecule has 0 bridgehead atoms. The minimum absolute atomic E-state index is 0.0169. The van der Waals surface area contributed by atoms with Crippen molar-refractivity contribution in [3.8, 4) is 0 Å². The van der Waals surface area contributed by atoms with Crippen LogP contribution in [0.1, 0.15) is 19.8 Å². The number of piperidine rings is 1. The molecule has 1 atom stereocenters. The first kappa shape index (κ1) is 15.0. The summed E-state index contributed by atoms with van der Waals surface area (Å²) in [4.78, 5) is 15.3. The lowest BCUT2D eigenvalue weighted by Gasteiger charge is -2.31. The minimum atomic E-state index is 0.0169. The number of nitrogens with zero attached hydrogens (tertiary/aromatic N) is 1. The maximum Gasteiger partial charge on any atom is 0.321 e. The van der Waals surface area contributed by atoms with Crippen LogP contribution in [-0.4, -0.2) is 29.8 Å². The van der Waals surface area contributed by atoms with Crippen LogP contribution in [0.5, 0.6) is 0 Å². The molecule has 0 saturated carbocycles. The first-order valence-electron chi connectivity index (χ1n) is 7.09. The topological polar surface area (TPSA) is 32.3 Å². The maximum atomic E-state index is 12.3. The molecule has 1 unspecified atom stereocenters. The predicted molar refractivity (Wildman–Crippen MR) is 86.4 cm³/mol. The standard InChI is InChI=1S/C16H22N2OS/c1-3-11-20-15-9-5-4-8-14(15)17-16(19)18-10-6-7-13(2)12-18/h3-5,8-9,13H,1,6-7,10-12H2,2H3,(H,17,19). The number of thioether (sulfide) groups is 1. The van der Waals surface area contributed by atoms with Gasteiger partial charge in [-0.2, -0.15) is 0 Å². The van der Waals surface area contributed by atoms with Crippen molar-refractivity contribution in [2.24, 2.45) is 5.92 Å². The van der Waals surface area contributed by atoms with Crippen molar-refractivity contribution < 1.29 is 4.79 Å². The molecule has 0 aromatic heterocycles. The quantitative estimate of drug-likeness (QED) is 0.665. The lowest BCUT2D eigenvalue weighted by atomic mass is 10.0. The number of likely N-dealkylation sites (tertiary alicyclic amines) is 1. The minimum Gasteiger partial charge on any atom is -0.324 e. The molecule has 1 aliphatic rings. The fourth-order valence-corrected chi connectivity index (χ4v) is 3.16. The van der Waals surface area contributed by atoms with E-state index in [4.69, 9.17) is 0 Å². The average molecular weight is 290 g/mol. The zero-order valence-electron chi connectivity index (χ0n) is 12.0. The van der Waals surface area contributed by atoms with E-state index in [1.54, 1.807) is 11.8 Å². The summed E-state index contributed by atoms with van der Waals surface area (Å²) in [6.07, 6.45) is 4.19. The second kappa shape index (κ2) is 7.39. The van der Waals surface area contributed by atoms with Gasteiger partial charge in [-0.05, 0) is 30.9 Å². The van der Waals surface area contributed by atoms with Crippen LogP contribution in [0.15, 0.2) is 41.8 Å². The molecule has 20 heavy (non-hydrogen) atoms. The molecule has 1 heterocycles. The van der Waals surface area contributed by atoms with Crippen molar-refractivity contribution in [2.45, 2.75) is 24.7 Å². The van der Waals surface area contributed by atoms with Gasteiger partial charge in [0.2, 0.25) is 0 Å². The Balaban J connectivity index is 2.01. The summed E-state index contributed by atoms with van der Waals surface area (Å²) in [6.45, 7) is 7.65. The lowest BCUT2D eigenvalue weighted by molar-refractivity contribution is 0.182. The Morgan fingerprint density at radius 1 is 1.55 bits per heavy atom.